The third kappa shape index (κ3) is 3.79. The van der Waals surface area contributed by atoms with Gasteiger partial charge in [-0.1, -0.05) is 0 Å². The average Bonchev–Trinajstić information content (AvgIpc) is 2.84. The molecule has 2 rings (SSSR count). The standard InChI is InChI=1S/C14H15N3O3S/c1-10-7-8-21-13(10)9-16(2)14(18)15-11-3-5-12(6-4-11)17(19)20/h3-8H,9H2,1-2H3,(H,15,18). The lowest BCUT2D eigenvalue weighted by Crippen LogP contribution is -2.30. The Bertz CT molecular complexity index is 652. The van der Waals surface area contributed by atoms with Crippen molar-refractivity contribution in [2.24, 2.45) is 0 Å². The van der Waals surface area contributed by atoms with Crippen LogP contribution in [0.5, 0.6) is 0 Å². The van der Waals surface area contributed by atoms with Gasteiger partial charge in [0.1, 0.15) is 0 Å². The van der Waals surface area contributed by atoms with E-state index in [-0.39, 0.29) is 11.7 Å². The van der Waals surface area contributed by atoms with E-state index in [0.717, 1.165) is 10.4 Å². The number of carbonyl (C=O) groups excluding carboxylic acids is 1. The molecule has 1 heterocycles. The summed E-state index contributed by atoms with van der Waals surface area (Å²) < 4.78 is 0. The number of rotatable bonds is 4. The molecule has 0 bridgehead atoms. The van der Waals surface area contributed by atoms with Crippen LogP contribution in [0.1, 0.15) is 10.4 Å². The summed E-state index contributed by atoms with van der Waals surface area (Å²) in [4.78, 5) is 24.8. The number of aryl methyl sites for hydroxylation is 1. The molecule has 1 aromatic heterocycles. The van der Waals surface area contributed by atoms with Gasteiger partial charge in [-0.25, -0.2) is 4.79 Å². The molecule has 0 atom stereocenters. The molecule has 2 aromatic rings. The monoisotopic (exact) mass is 305 g/mol. The fourth-order valence-corrected chi connectivity index (χ4v) is 2.70. The molecule has 0 radical (unpaired) electrons. The number of anilines is 1. The van der Waals surface area contributed by atoms with Crippen LogP contribution in [0.2, 0.25) is 0 Å². The molecule has 2 amide bonds. The number of hydrogen-bond acceptors (Lipinski definition) is 4. The first kappa shape index (κ1) is 15.0. The van der Waals surface area contributed by atoms with Crippen molar-refractivity contribution in [3.05, 3.63) is 56.3 Å². The number of urea groups is 1. The predicted molar refractivity (Wildman–Crippen MR) is 82.6 cm³/mol. The fourth-order valence-electron chi connectivity index (χ4n) is 1.74. The Morgan fingerprint density at radius 1 is 1.33 bits per heavy atom. The minimum atomic E-state index is -0.475. The molecule has 7 heteroatoms. The number of thiophene rings is 1. The first-order valence-electron chi connectivity index (χ1n) is 6.27. The molecule has 0 aliphatic heterocycles. The van der Waals surface area contributed by atoms with Gasteiger partial charge in [0.15, 0.2) is 0 Å². The van der Waals surface area contributed by atoms with Crippen molar-refractivity contribution in [3.63, 3.8) is 0 Å². The smallest absolute Gasteiger partial charge is 0.321 e. The van der Waals surface area contributed by atoms with E-state index in [2.05, 4.69) is 5.32 Å². The first-order valence-corrected chi connectivity index (χ1v) is 7.15. The molecule has 0 aliphatic carbocycles. The molecule has 110 valence electrons. The Balaban J connectivity index is 1.97. The highest BCUT2D eigenvalue weighted by atomic mass is 32.1. The summed E-state index contributed by atoms with van der Waals surface area (Å²) in [6, 6.07) is 7.51. The maximum Gasteiger partial charge on any atom is 0.321 e. The zero-order valence-electron chi connectivity index (χ0n) is 11.7. The number of amides is 2. The van der Waals surface area contributed by atoms with E-state index >= 15 is 0 Å². The number of nitro benzene ring substituents is 1. The van der Waals surface area contributed by atoms with Crippen molar-refractivity contribution in [3.8, 4) is 0 Å². The molecule has 0 aliphatic rings. The van der Waals surface area contributed by atoms with Gasteiger partial charge in [-0.15, -0.1) is 11.3 Å². The Kier molecular flexibility index (Phi) is 4.54. The molecule has 0 spiro atoms. The van der Waals surface area contributed by atoms with Gasteiger partial charge in [-0.3, -0.25) is 10.1 Å². The van der Waals surface area contributed by atoms with Crippen LogP contribution in [0, 0.1) is 17.0 Å². The topological polar surface area (TPSA) is 75.5 Å². The minimum Gasteiger partial charge on any atom is -0.322 e. The summed E-state index contributed by atoms with van der Waals surface area (Å²) in [5.74, 6) is 0. The van der Waals surface area contributed by atoms with Crippen LogP contribution in [-0.4, -0.2) is 22.9 Å². The van der Waals surface area contributed by atoms with E-state index in [4.69, 9.17) is 0 Å². The molecule has 1 aromatic carbocycles. The number of benzene rings is 1. The molecule has 0 saturated carbocycles. The maximum absolute atomic E-state index is 12.1. The third-order valence-corrected chi connectivity index (χ3v) is 4.03. The van der Waals surface area contributed by atoms with Gasteiger partial charge in [0.05, 0.1) is 11.5 Å². The van der Waals surface area contributed by atoms with Crippen molar-refractivity contribution in [2.45, 2.75) is 13.5 Å². The van der Waals surface area contributed by atoms with E-state index in [9.17, 15) is 14.9 Å². The van der Waals surface area contributed by atoms with Gasteiger partial charge in [-0.2, -0.15) is 0 Å². The van der Waals surface area contributed by atoms with E-state index in [1.54, 1.807) is 23.3 Å². The molecule has 6 nitrogen and oxygen atoms in total. The maximum atomic E-state index is 12.1. The van der Waals surface area contributed by atoms with Crippen LogP contribution in [0.25, 0.3) is 0 Å². The van der Waals surface area contributed by atoms with Gasteiger partial charge < -0.3 is 10.2 Å². The Morgan fingerprint density at radius 3 is 2.52 bits per heavy atom. The van der Waals surface area contributed by atoms with Crippen LogP contribution in [-0.2, 0) is 6.54 Å². The van der Waals surface area contributed by atoms with Gasteiger partial charge in [0.2, 0.25) is 0 Å². The SMILES string of the molecule is Cc1ccsc1CN(C)C(=O)Nc1ccc([N+](=O)[O-])cc1. The Hall–Kier alpha value is -2.41. The number of hydrogen-bond donors (Lipinski definition) is 1. The van der Waals surface area contributed by atoms with E-state index in [1.165, 1.54) is 24.3 Å². The lowest BCUT2D eigenvalue weighted by atomic mass is 10.3. The summed E-state index contributed by atoms with van der Waals surface area (Å²) in [5, 5.41) is 15.3. The number of nitro groups is 1. The van der Waals surface area contributed by atoms with Crippen molar-refractivity contribution in [2.75, 3.05) is 12.4 Å². The number of nitrogens with zero attached hydrogens (tertiary/aromatic N) is 2. The van der Waals surface area contributed by atoms with Gasteiger partial charge in [0, 0.05) is 29.7 Å². The third-order valence-electron chi connectivity index (χ3n) is 3.03. The highest BCUT2D eigenvalue weighted by molar-refractivity contribution is 7.10. The lowest BCUT2D eigenvalue weighted by Gasteiger charge is -2.17. The van der Waals surface area contributed by atoms with Crippen molar-refractivity contribution >= 4 is 28.7 Å². The summed E-state index contributed by atoms with van der Waals surface area (Å²) >= 11 is 1.61. The van der Waals surface area contributed by atoms with Gasteiger partial charge in [-0.05, 0) is 36.1 Å². The lowest BCUT2D eigenvalue weighted by molar-refractivity contribution is -0.384. The largest absolute Gasteiger partial charge is 0.322 e. The molecule has 0 saturated heterocycles. The molecule has 1 N–H and O–H groups in total. The second kappa shape index (κ2) is 6.36. The van der Waals surface area contributed by atoms with Crippen LogP contribution in [0.4, 0.5) is 16.2 Å². The zero-order chi connectivity index (χ0) is 15.4. The van der Waals surface area contributed by atoms with Gasteiger partial charge >= 0.3 is 6.03 Å². The normalized spacial score (nSPS) is 10.2. The molecule has 0 unspecified atom stereocenters. The number of nitrogens with one attached hydrogen (secondary N) is 1. The second-order valence-corrected chi connectivity index (χ2v) is 5.62. The van der Waals surface area contributed by atoms with Crippen LogP contribution >= 0.6 is 11.3 Å². The van der Waals surface area contributed by atoms with Crippen molar-refractivity contribution < 1.29 is 9.72 Å². The Morgan fingerprint density at radius 2 is 2.00 bits per heavy atom. The second-order valence-electron chi connectivity index (χ2n) is 4.62. The van der Waals surface area contributed by atoms with Crippen LogP contribution < -0.4 is 5.32 Å². The molecular formula is C14H15N3O3S. The van der Waals surface area contributed by atoms with Gasteiger partial charge in [0.25, 0.3) is 5.69 Å². The quantitative estimate of drug-likeness (QED) is 0.692. The average molecular weight is 305 g/mol. The Labute approximate surface area is 126 Å². The summed E-state index contributed by atoms with van der Waals surface area (Å²) in [5.41, 5.74) is 1.69. The van der Waals surface area contributed by atoms with Crippen molar-refractivity contribution in [1.29, 1.82) is 0 Å². The molecule has 0 fully saturated rings. The summed E-state index contributed by atoms with van der Waals surface area (Å²) in [7, 11) is 1.71. The highest BCUT2D eigenvalue weighted by Gasteiger charge is 2.12. The molecule has 21 heavy (non-hydrogen) atoms. The van der Waals surface area contributed by atoms with E-state index in [0.29, 0.717) is 12.2 Å². The minimum absolute atomic E-state index is 0.00411. The first-order chi connectivity index (χ1) is 9.97. The number of non-ortho nitro benzene ring substituents is 1. The predicted octanol–water partition coefficient (Wildman–Crippen LogP) is 3.63. The number of carbonyl (C=O) groups is 1. The van der Waals surface area contributed by atoms with E-state index < -0.39 is 4.92 Å². The van der Waals surface area contributed by atoms with Crippen LogP contribution in [0.15, 0.2) is 35.7 Å². The summed E-state index contributed by atoms with van der Waals surface area (Å²) in [6.07, 6.45) is 0. The summed E-state index contributed by atoms with van der Waals surface area (Å²) in [6.45, 7) is 2.54. The molecular weight excluding hydrogens is 290 g/mol. The highest BCUT2D eigenvalue weighted by Crippen LogP contribution is 2.19. The zero-order valence-corrected chi connectivity index (χ0v) is 12.5. The van der Waals surface area contributed by atoms with Crippen LogP contribution in [0.3, 0.4) is 0 Å². The van der Waals surface area contributed by atoms with Crippen molar-refractivity contribution in [1.82, 2.24) is 4.90 Å². The van der Waals surface area contributed by atoms with E-state index in [1.807, 2.05) is 18.4 Å². The fraction of sp³-hybridized carbons (Fsp3) is 0.214.